The molecule has 2 N–H and O–H groups in total. The first-order valence-corrected chi connectivity index (χ1v) is 7.21. The Balaban J connectivity index is 1.93. The SMILES string of the molecule is O=C(c1cccc(Cl)c1Cl)N1C[C@@]2(C(=O)O)C[C@@]2(C(=O)O)C1. The van der Waals surface area contributed by atoms with Crippen LogP contribution in [0.25, 0.3) is 0 Å². The maximum Gasteiger partial charge on any atom is 0.312 e. The van der Waals surface area contributed by atoms with E-state index in [1.54, 1.807) is 6.07 Å². The molecule has 0 radical (unpaired) electrons. The van der Waals surface area contributed by atoms with Crippen molar-refractivity contribution in [2.75, 3.05) is 13.1 Å². The number of carboxylic acid groups (broad SMARTS) is 2. The summed E-state index contributed by atoms with van der Waals surface area (Å²) < 4.78 is 0. The first-order chi connectivity index (χ1) is 10.2. The number of carbonyl (C=O) groups excluding carboxylic acids is 1. The molecule has 1 aromatic carbocycles. The van der Waals surface area contributed by atoms with Crippen LogP contribution in [0.1, 0.15) is 16.8 Å². The highest BCUT2D eigenvalue weighted by molar-refractivity contribution is 6.43. The second-order valence-corrected chi connectivity index (χ2v) is 6.50. The summed E-state index contributed by atoms with van der Waals surface area (Å²) in [6.45, 7) is -0.285. The van der Waals surface area contributed by atoms with Crippen molar-refractivity contribution in [2.24, 2.45) is 10.8 Å². The van der Waals surface area contributed by atoms with Crippen molar-refractivity contribution in [1.82, 2.24) is 4.90 Å². The van der Waals surface area contributed by atoms with E-state index < -0.39 is 28.7 Å². The molecule has 0 bridgehead atoms. The minimum absolute atomic E-state index is 0.0394. The second-order valence-electron chi connectivity index (χ2n) is 5.71. The molecular formula is C14H11Cl2NO5. The predicted molar refractivity (Wildman–Crippen MR) is 77.1 cm³/mol. The zero-order valence-electron chi connectivity index (χ0n) is 11.2. The van der Waals surface area contributed by atoms with E-state index >= 15 is 0 Å². The number of benzene rings is 1. The van der Waals surface area contributed by atoms with E-state index in [9.17, 15) is 24.6 Å². The van der Waals surface area contributed by atoms with Crippen LogP contribution in [-0.2, 0) is 9.59 Å². The van der Waals surface area contributed by atoms with Crippen LogP contribution in [0.3, 0.4) is 0 Å². The Morgan fingerprint density at radius 3 is 2.09 bits per heavy atom. The van der Waals surface area contributed by atoms with Crippen molar-refractivity contribution in [3.8, 4) is 0 Å². The molecule has 22 heavy (non-hydrogen) atoms. The van der Waals surface area contributed by atoms with Gasteiger partial charge < -0.3 is 15.1 Å². The van der Waals surface area contributed by atoms with Gasteiger partial charge in [0.15, 0.2) is 0 Å². The zero-order chi connectivity index (χ0) is 16.3. The highest BCUT2D eigenvalue weighted by Gasteiger charge is 2.81. The van der Waals surface area contributed by atoms with E-state index in [0.29, 0.717) is 0 Å². The van der Waals surface area contributed by atoms with Gasteiger partial charge in [0.1, 0.15) is 10.8 Å². The summed E-state index contributed by atoms with van der Waals surface area (Å²) >= 11 is 11.9. The Morgan fingerprint density at radius 1 is 1.05 bits per heavy atom. The van der Waals surface area contributed by atoms with Gasteiger partial charge in [-0.15, -0.1) is 0 Å². The van der Waals surface area contributed by atoms with E-state index in [4.69, 9.17) is 23.2 Å². The fourth-order valence-corrected chi connectivity index (χ4v) is 3.65. The summed E-state index contributed by atoms with van der Waals surface area (Å²) in [5.41, 5.74) is -2.67. The number of hydrogen-bond acceptors (Lipinski definition) is 3. The number of carboxylic acids is 2. The number of amides is 1. The third kappa shape index (κ3) is 1.77. The Labute approximate surface area is 135 Å². The van der Waals surface area contributed by atoms with Gasteiger partial charge >= 0.3 is 11.9 Å². The van der Waals surface area contributed by atoms with Crippen LogP contribution in [0.2, 0.25) is 10.0 Å². The van der Waals surface area contributed by atoms with Gasteiger partial charge in [0.25, 0.3) is 5.91 Å². The van der Waals surface area contributed by atoms with Crippen molar-refractivity contribution >= 4 is 41.0 Å². The molecule has 8 heteroatoms. The predicted octanol–water partition coefficient (Wildman–Crippen LogP) is 1.99. The fourth-order valence-electron chi connectivity index (χ4n) is 3.27. The van der Waals surface area contributed by atoms with Crippen LogP contribution < -0.4 is 0 Å². The molecule has 0 unspecified atom stereocenters. The van der Waals surface area contributed by atoms with Crippen LogP contribution in [0.4, 0.5) is 0 Å². The molecule has 1 aromatic rings. The maximum atomic E-state index is 12.5. The minimum atomic E-state index is -1.40. The summed E-state index contributed by atoms with van der Waals surface area (Å²) in [4.78, 5) is 36.6. The van der Waals surface area contributed by atoms with Crippen LogP contribution in [0, 0.1) is 10.8 Å². The lowest BCUT2D eigenvalue weighted by Gasteiger charge is -2.20. The largest absolute Gasteiger partial charge is 0.481 e. The van der Waals surface area contributed by atoms with Crippen LogP contribution in [0.15, 0.2) is 18.2 Å². The third-order valence-corrected chi connectivity index (χ3v) is 5.42. The van der Waals surface area contributed by atoms with Crippen molar-refractivity contribution in [2.45, 2.75) is 6.42 Å². The summed E-state index contributed by atoms with van der Waals surface area (Å²) in [6.07, 6.45) is 0.0394. The van der Waals surface area contributed by atoms with E-state index in [2.05, 4.69) is 0 Å². The van der Waals surface area contributed by atoms with E-state index in [1.807, 2.05) is 0 Å². The molecule has 3 rings (SSSR count). The number of halogens is 2. The van der Waals surface area contributed by atoms with Crippen molar-refractivity contribution < 1.29 is 24.6 Å². The Hall–Kier alpha value is -1.79. The summed E-state index contributed by atoms with van der Waals surface area (Å²) in [7, 11) is 0. The first kappa shape index (κ1) is 15.1. The Kier molecular flexibility index (Phi) is 3.16. The molecule has 0 aromatic heterocycles. The highest BCUT2D eigenvalue weighted by Crippen LogP contribution is 2.68. The van der Waals surface area contributed by atoms with Crippen molar-refractivity contribution in [3.05, 3.63) is 33.8 Å². The number of carbonyl (C=O) groups is 3. The van der Waals surface area contributed by atoms with Crippen LogP contribution in [-0.4, -0.2) is 46.0 Å². The number of hydrogen-bond donors (Lipinski definition) is 2. The molecule has 6 nitrogen and oxygen atoms in total. The smallest absolute Gasteiger partial charge is 0.312 e. The van der Waals surface area contributed by atoms with Crippen molar-refractivity contribution in [1.29, 1.82) is 0 Å². The normalized spacial score (nSPS) is 29.1. The fraction of sp³-hybridized carbons (Fsp3) is 0.357. The van der Waals surface area contributed by atoms with Gasteiger partial charge in [0.05, 0.1) is 15.6 Å². The average Bonchev–Trinajstić information content (AvgIpc) is 3.00. The van der Waals surface area contributed by atoms with Gasteiger partial charge in [-0.1, -0.05) is 29.3 Å². The number of nitrogens with zero attached hydrogens (tertiary/aromatic N) is 1. The summed E-state index contributed by atoms with van der Waals surface area (Å²) in [5, 5.41) is 19.0. The third-order valence-electron chi connectivity index (χ3n) is 4.60. The number of rotatable bonds is 3. The molecule has 1 heterocycles. The molecular weight excluding hydrogens is 333 g/mol. The molecule has 116 valence electrons. The lowest BCUT2D eigenvalue weighted by atomic mass is 9.97. The number of likely N-dealkylation sites (tertiary alicyclic amines) is 1. The van der Waals surface area contributed by atoms with Crippen LogP contribution >= 0.6 is 23.2 Å². The molecule has 1 aliphatic heterocycles. The molecule has 0 spiro atoms. The highest BCUT2D eigenvalue weighted by atomic mass is 35.5. The van der Waals surface area contributed by atoms with E-state index in [0.717, 1.165) is 0 Å². The topological polar surface area (TPSA) is 94.9 Å². The Morgan fingerprint density at radius 2 is 1.59 bits per heavy atom. The van der Waals surface area contributed by atoms with Crippen LogP contribution in [0.5, 0.6) is 0 Å². The standard InChI is InChI=1S/C14H11Cl2NO5/c15-8-3-1-2-7(9(8)16)10(18)17-5-13(11(19)20)4-14(13,6-17)12(21)22/h1-3H,4-6H2,(H,19,20)(H,21,22)/t13-,14+. The van der Waals surface area contributed by atoms with Gasteiger partial charge in [-0.25, -0.2) is 0 Å². The Bertz CT molecular complexity index is 693. The molecule has 2 aliphatic rings. The molecule has 1 saturated carbocycles. The van der Waals surface area contributed by atoms with Gasteiger partial charge in [-0.3, -0.25) is 14.4 Å². The maximum absolute atomic E-state index is 12.5. The minimum Gasteiger partial charge on any atom is -0.481 e. The molecule has 1 saturated heterocycles. The number of fused-ring (bicyclic) bond motifs is 1. The average molecular weight is 344 g/mol. The molecule has 1 amide bonds. The lowest BCUT2D eigenvalue weighted by Crippen LogP contribution is -2.34. The van der Waals surface area contributed by atoms with Gasteiger partial charge in [-0.2, -0.15) is 0 Å². The van der Waals surface area contributed by atoms with Gasteiger partial charge in [0, 0.05) is 13.1 Å². The molecule has 2 atom stereocenters. The monoisotopic (exact) mass is 343 g/mol. The molecule has 1 aliphatic carbocycles. The van der Waals surface area contributed by atoms with Gasteiger partial charge in [0.2, 0.25) is 0 Å². The second kappa shape index (κ2) is 4.60. The quantitative estimate of drug-likeness (QED) is 0.875. The summed E-state index contributed by atoms with van der Waals surface area (Å²) in [5.74, 6) is -2.90. The lowest BCUT2D eigenvalue weighted by molar-refractivity contribution is -0.151. The number of piperidine rings is 1. The first-order valence-electron chi connectivity index (χ1n) is 6.45. The molecule has 2 fully saturated rings. The van der Waals surface area contributed by atoms with Crippen molar-refractivity contribution in [3.63, 3.8) is 0 Å². The number of aliphatic carboxylic acids is 2. The zero-order valence-corrected chi connectivity index (χ0v) is 12.7. The van der Waals surface area contributed by atoms with Gasteiger partial charge in [-0.05, 0) is 18.6 Å². The van der Waals surface area contributed by atoms with E-state index in [-0.39, 0.29) is 35.1 Å². The summed E-state index contributed by atoms with van der Waals surface area (Å²) in [6, 6.07) is 4.55. The van der Waals surface area contributed by atoms with E-state index in [1.165, 1.54) is 17.0 Å².